The molecule has 2 aromatic carbocycles. The fraction of sp³-hybridized carbons (Fsp3) is 0.118. The number of carbonyl (C=O) groups is 1. The van der Waals surface area contributed by atoms with Crippen molar-refractivity contribution in [2.45, 2.75) is 0 Å². The lowest BCUT2D eigenvalue weighted by Gasteiger charge is -2.10. The summed E-state index contributed by atoms with van der Waals surface area (Å²) in [4.78, 5) is 12.3. The molecule has 0 saturated carbocycles. The number of methoxy groups -OCH3 is 2. The fourth-order valence-corrected chi connectivity index (χ4v) is 1.94. The molecule has 0 aliphatic carbocycles. The van der Waals surface area contributed by atoms with E-state index in [0.717, 1.165) is 5.56 Å². The SMILES string of the molecule is COc1cc(O)c(C(=O)/C=C\c2ccc(O)cc2)c(OC)c1. The van der Waals surface area contributed by atoms with Gasteiger partial charge in [-0.1, -0.05) is 18.2 Å². The Morgan fingerprint density at radius 1 is 1.05 bits per heavy atom. The van der Waals surface area contributed by atoms with Crippen LogP contribution in [0, 0.1) is 0 Å². The Labute approximate surface area is 128 Å². The highest BCUT2D eigenvalue weighted by Crippen LogP contribution is 2.33. The zero-order valence-corrected chi connectivity index (χ0v) is 12.2. The predicted octanol–water partition coefficient (Wildman–Crippen LogP) is 3.01. The molecule has 5 heteroatoms. The van der Waals surface area contributed by atoms with Gasteiger partial charge in [0.05, 0.1) is 14.2 Å². The predicted molar refractivity (Wildman–Crippen MR) is 82.7 cm³/mol. The molecule has 0 aliphatic heterocycles. The van der Waals surface area contributed by atoms with Crippen LogP contribution < -0.4 is 9.47 Å². The van der Waals surface area contributed by atoms with Gasteiger partial charge in [0.2, 0.25) is 0 Å². The molecule has 0 aliphatic rings. The lowest BCUT2D eigenvalue weighted by Crippen LogP contribution is -2.00. The summed E-state index contributed by atoms with van der Waals surface area (Å²) in [5.41, 5.74) is 0.816. The number of benzene rings is 2. The molecule has 0 spiro atoms. The van der Waals surface area contributed by atoms with Crippen molar-refractivity contribution >= 4 is 11.9 Å². The minimum atomic E-state index is -0.398. The number of ketones is 1. The summed E-state index contributed by atoms with van der Waals surface area (Å²) < 4.78 is 10.1. The summed E-state index contributed by atoms with van der Waals surface area (Å²) in [5, 5.41) is 19.2. The number of hydrogen-bond donors (Lipinski definition) is 2. The molecule has 0 saturated heterocycles. The number of ether oxygens (including phenoxy) is 2. The van der Waals surface area contributed by atoms with Crippen LogP contribution in [-0.4, -0.2) is 30.2 Å². The third kappa shape index (κ3) is 3.38. The molecule has 0 fully saturated rings. The topological polar surface area (TPSA) is 76.0 Å². The lowest BCUT2D eigenvalue weighted by molar-refractivity contribution is 0.104. The molecule has 0 amide bonds. The third-order valence-electron chi connectivity index (χ3n) is 3.08. The smallest absolute Gasteiger partial charge is 0.193 e. The first-order valence-corrected chi connectivity index (χ1v) is 6.51. The maximum absolute atomic E-state index is 12.3. The van der Waals surface area contributed by atoms with Crippen LogP contribution in [0.1, 0.15) is 15.9 Å². The van der Waals surface area contributed by atoms with E-state index in [2.05, 4.69) is 0 Å². The first kappa shape index (κ1) is 15.4. The van der Waals surface area contributed by atoms with Crippen molar-refractivity contribution in [1.29, 1.82) is 0 Å². The van der Waals surface area contributed by atoms with Gasteiger partial charge in [-0.25, -0.2) is 0 Å². The molecule has 114 valence electrons. The van der Waals surface area contributed by atoms with E-state index in [0.29, 0.717) is 5.75 Å². The van der Waals surface area contributed by atoms with Gasteiger partial charge in [0.15, 0.2) is 5.78 Å². The average molecular weight is 300 g/mol. The molecule has 0 bridgehead atoms. The van der Waals surface area contributed by atoms with Crippen LogP contribution in [0.5, 0.6) is 23.0 Å². The lowest BCUT2D eigenvalue weighted by atomic mass is 10.1. The van der Waals surface area contributed by atoms with Crippen LogP contribution in [0.15, 0.2) is 42.5 Å². The van der Waals surface area contributed by atoms with E-state index in [1.165, 1.54) is 44.6 Å². The van der Waals surface area contributed by atoms with E-state index in [9.17, 15) is 15.0 Å². The van der Waals surface area contributed by atoms with Gasteiger partial charge in [-0.05, 0) is 23.8 Å². The van der Waals surface area contributed by atoms with E-state index in [1.54, 1.807) is 18.2 Å². The van der Waals surface area contributed by atoms with Crippen molar-refractivity contribution in [3.63, 3.8) is 0 Å². The van der Waals surface area contributed by atoms with E-state index in [1.807, 2.05) is 0 Å². The number of phenolic OH excluding ortho intramolecular Hbond substituents is 2. The summed E-state index contributed by atoms with van der Waals surface area (Å²) >= 11 is 0. The Morgan fingerprint density at radius 3 is 2.32 bits per heavy atom. The molecule has 0 radical (unpaired) electrons. The van der Waals surface area contributed by atoms with Gasteiger partial charge in [0.25, 0.3) is 0 Å². The normalized spacial score (nSPS) is 10.6. The van der Waals surface area contributed by atoms with Crippen molar-refractivity contribution in [3.8, 4) is 23.0 Å². The molecular weight excluding hydrogens is 284 g/mol. The molecule has 0 atom stereocenters. The van der Waals surface area contributed by atoms with Crippen molar-refractivity contribution in [2.24, 2.45) is 0 Å². The first-order valence-electron chi connectivity index (χ1n) is 6.51. The van der Waals surface area contributed by atoms with Crippen LogP contribution >= 0.6 is 0 Å². The Morgan fingerprint density at radius 2 is 1.73 bits per heavy atom. The molecule has 0 unspecified atom stereocenters. The van der Waals surface area contributed by atoms with Crippen molar-refractivity contribution in [2.75, 3.05) is 14.2 Å². The summed E-state index contributed by atoms with van der Waals surface area (Å²) in [6, 6.07) is 9.27. The second kappa shape index (κ2) is 6.67. The molecule has 0 aromatic heterocycles. The largest absolute Gasteiger partial charge is 0.508 e. The molecule has 5 nitrogen and oxygen atoms in total. The fourth-order valence-electron chi connectivity index (χ4n) is 1.94. The molecule has 22 heavy (non-hydrogen) atoms. The molecule has 2 aromatic rings. The molecule has 2 rings (SSSR count). The van der Waals surface area contributed by atoms with Crippen molar-refractivity contribution < 1.29 is 24.5 Å². The van der Waals surface area contributed by atoms with E-state index in [4.69, 9.17) is 9.47 Å². The molecule has 0 heterocycles. The van der Waals surface area contributed by atoms with E-state index in [-0.39, 0.29) is 22.8 Å². The summed E-state index contributed by atoms with van der Waals surface area (Å²) in [6.07, 6.45) is 2.92. The number of phenols is 2. The highest BCUT2D eigenvalue weighted by molar-refractivity contribution is 6.10. The zero-order chi connectivity index (χ0) is 16.1. The van der Waals surface area contributed by atoms with Crippen molar-refractivity contribution in [3.05, 3.63) is 53.6 Å². The van der Waals surface area contributed by atoms with Crippen molar-refractivity contribution in [1.82, 2.24) is 0 Å². The Hall–Kier alpha value is -2.95. The summed E-state index contributed by atoms with van der Waals surface area (Å²) in [7, 11) is 2.87. The minimum absolute atomic E-state index is 0.0679. The highest BCUT2D eigenvalue weighted by atomic mass is 16.5. The number of aromatic hydroxyl groups is 2. The Balaban J connectivity index is 2.31. The Kier molecular flexibility index (Phi) is 4.68. The zero-order valence-electron chi connectivity index (χ0n) is 12.2. The quantitative estimate of drug-likeness (QED) is 0.655. The van der Waals surface area contributed by atoms with Gasteiger partial charge in [-0.15, -0.1) is 0 Å². The molecular formula is C17H16O5. The first-order chi connectivity index (χ1) is 10.5. The van der Waals surface area contributed by atoms with Gasteiger partial charge in [-0.2, -0.15) is 0 Å². The number of hydrogen-bond acceptors (Lipinski definition) is 5. The number of carbonyl (C=O) groups excluding carboxylic acids is 1. The summed E-state index contributed by atoms with van der Waals surface area (Å²) in [5.74, 6) is 0.171. The van der Waals surface area contributed by atoms with Gasteiger partial charge in [0.1, 0.15) is 28.6 Å². The Bertz CT molecular complexity index is 702. The van der Waals surface area contributed by atoms with Gasteiger partial charge in [-0.3, -0.25) is 4.79 Å². The third-order valence-corrected chi connectivity index (χ3v) is 3.08. The summed E-state index contributed by atoms with van der Waals surface area (Å²) in [6.45, 7) is 0. The average Bonchev–Trinajstić information content (AvgIpc) is 2.53. The number of rotatable bonds is 5. The number of allylic oxidation sites excluding steroid dienone is 1. The van der Waals surface area contributed by atoms with Gasteiger partial charge < -0.3 is 19.7 Å². The van der Waals surface area contributed by atoms with Crippen LogP contribution in [0.3, 0.4) is 0 Å². The monoisotopic (exact) mass is 300 g/mol. The second-order valence-electron chi connectivity index (χ2n) is 4.51. The van der Waals surface area contributed by atoms with Gasteiger partial charge in [0, 0.05) is 12.1 Å². The van der Waals surface area contributed by atoms with Crippen LogP contribution in [0.2, 0.25) is 0 Å². The maximum Gasteiger partial charge on any atom is 0.193 e. The van der Waals surface area contributed by atoms with E-state index < -0.39 is 5.78 Å². The van der Waals surface area contributed by atoms with Crippen LogP contribution in [0.4, 0.5) is 0 Å². The van der Waals surface area contributed by atoms with Gasteiger partial charge >= 0.3 is 0 Å². The van der Waals surface area contributed by atoms with Crippen LogP contribution in [-0.2, 0) is 0 Å². The second-order valence-corrected chi connectivity index (χ2v) is 4.51. The highest BCUT2D eigenvalue weighted by Gasteiger charge is 2.17. The van der Waals surface area contributed by atoms with Crippen LogP contribution in [0.25, 0.3) is 6.08 Å². The van der Waals surface area contributed by atoms with E-state index >= 15 is 0 Å². The maximum atomic E-state index is 12.3. The standard InChI is InChI=1S/C17H16O5/c1-21-13-9-15(20)17(16(10-13)22-2)14(19)8-5-11-3-6-12(18)7-4-11/h3-10,18,20H,1-2H3/b8-5-. The minimum Gasteiger partial charge on any atom is -0.508 e. The molecule has 2 N–H and O–H groups in total.